The Labute approximate surface area is 81.1 Å². The summed E-state index contributed by atoms with van der Waals surface area (Å²) in [7, 11) is 0. The van der Waals surface area contributed by atoms with Crippen LogP contribution in [0.25, 0.3) is 0 Å². The average molecular weight is 183 g/mol. The number of carbonyl (C=O) groups excluding carboxylic acids is 1. The molecule has 0 aromatic rings. The first kappa shape index (κ1) is 10.7. The van der Waals surface area contributed by atoms with Crippen molar-refractivity contribution >= 4 is 5.78 Å². The van der Waals surface area contributed by atoms with Gasteiger partial charge in [-0.1, -0.05) is 32.1 Å². The van der Waals surface area contributed by atoms with Crippen LogP contribution in [0.4, 0.5) is 0 Å². The fourth-order valence-corrected chi connectivity index (χ4v) is 1.77. The molecular weight excluding hydrogens is 162 g/mol. The summed E-state index contributed by atoms with van der Waals surface area (Å²) in [5.41, 5.74) is 0. The smallest absolute Gasteiger partial charge is 0.146 e. The lowest BCUT2D eigenvalue weighted by Gasteiger charge is -2.07. The van der Waals surface area contributed by atoms with Crippen LogP contribution in [0.1, 0.15) is 51.4 Å². The summed E-state index contributed by atoms with van der Waals surface area (Å²) in [6, 6.07) is 0. The van der Waals surface area contributed by atoms with Crippen LogP contribution in [0.2, 0.25) is 0 Å². The molecule has 0 atom stereocenters. The van der Waals surface area contributed by atoms with E-state index in [4.69, 9.17) is 0 Å². The Morgan fingerprint density at radius 3 is 2.23 bits per heavy atom. The molecule has 1 heterocycles. The first-order valence-corrected chi connectivity index (χ1v) is 5.62. The maximum absolute atomic E-state index is 11.2. The predicted octanol–water partition coefficient (Wildman–Crippen LogP) is 2.28. The summed E-state index contributed by atoms with van der Waals surface area (Å²) in [6.45, 7) is 1.62. The Morgan fingerprint density at radius 1 is 0.846 bits per heavy atom. The highest BCUT2D eigenvalue weighted by molar-refractivity contribution is 5.80. The first-order chi connectivity index (χ1) is 6.39. The van der Waals surface area contributed by atoms with E-state index in [1.165, 1.54) is 38.5 Å². The summed E-state index contributed by atoms with van der Waals surface area (Å²) in [4.78, 5) is 11.2. The van der Waals surface area contributed by atoms with Gasteiger partial charge in [0.2, 0.25) is 0 Å². The van der Waals surface area contributed by atoms with Crippen LogP contribution >= 0.6 is 0 Å². The van der Waals surface area contributed by atoms with Crippen LogP contribution in [0, 0.1) is 0 Å². The van der Waals surface area contributed by atoms with Gasteiger partial charge in [0.05, 0.1) is 6.54 Å². The van der Waals surface area contributed by atoms with E-state index in [9.17, 15) is 4.79 Å². The lowest BCUT2D eigenvalue weighted by molar-refractivity contribution is -0.118. The van der Waals surface area contributed by atoms with Crippen LogP contribution in [0.5, 0.6) is 0 Å². The first-order valence-electron chi connectivity index (χ1n) is 5.62. The van der Waals surface area contributed by atoms with Gasteiger partial charge in [-0.2, -0.15) is 0 Å². The van der Waals surface area contributed by atoms with Crippen molar-refractivity contribution < 1.29 is 4.79 Å². The summed E-state index contributed by atoms with van der Waals surface area (Å²) in [5.74, 6) is 0.389. The van der Waals surface area contributed by atoms with E-state index in [2.05, 4.69) is 5.32 Å². The van der Waals surface area contributed by atoms with E-state index in [-0.39, 0.29) is 0 Å². The molecule has 1 aliphatic rings. The standard InChI is InChI=1S/C11H21NO/c13-11-8-6-4-2-1-3-5-7-9-12-10-11/h12H,1-10H2. The average Bonchev–Trinajstić information content (AvgIpc) is 2.11. The predicted molar refractivity (Wildman–Crippen MR) is 54.8 cm³/mol. The number of hydrogen-bond acceptors (Lipinski definition) is 2. The minimum atomic E-state index is 0.389. The second-order valence-corrected chi connectivity index (χ2v) is 3.94. The van der Waals surface area contributed by atoms with Crippen LogP contribution in [-0.4, -0.2) is 18.9 Å². The number of nitrogens with one attached hydrogen (secondary N) is 1. The Morgan fingerprint density at radius 2 is 1.46 bits per heavy atom. The van der Waals surface area contributed by atoms with E-state index in [1.807, 2.05) is 0 Å². The molecular formula is C11H21NO. The van der Waals surface area contributed by atoms with Crippen molar-refractivity contribution in [3.05, 3.63) is 0 Å². The molecule has 76 valence electrons. The third-order valence-electron chi connectivity index (χ3n) is 2.63. The molecule has 0 aromatic carbocycles. The van der Waals surface area contributed by atoms with Crippen LogP contribution in [0.3, 0.4) is 0 Å². The van der Waals surface area contributed by atoms with Crippen LogP contribution < -0.4 is 5.32 Å². The summed E-state index contributed by atoms with van der Waals surface area (Å²) < 4.78 is 0. The van der Waals surface area contributed by atoms with E-state index in [0.717, 1.165) is 19.4 Å². The molecule has 0 unspecified atom stereocenters. The van der Waals surface area contributed by atoms with Crippen molar-refractivity contribution in [2.24, 2.45) is 0 Å². The number of carbonyl (C=O) groups is 1. The molecule has 1 rings (SSSR count). The van der Waals surface area contributed by atoms with Crippen molar-refractivity contribution in [1.29, 1.82) is 0 Å². The third kappa shape index (κ3) is 5.81. The van der Waals surface area contributed by atoms with Gasteiger partial charge >= 0.3 is 0 Å². The van der Waals surface area contributed by atoms with Crippen molar-refractivity contribution in [3.63, 3.8) is 0 Å². The van der Waals surface area contributed by atoms with Gasteiger partial charge in [-0.3, -0.25) is 4.79 Å². The molecule has 0 amide bonds. The van der Waals surface area contributed by atoms with Crippen LogP contribution in [0.15, 0.2) is 0 Å². The highest BCUT2D eigenvalue weighted by Crippen LogP contribution is 2.09. The van der Waals surface area contributed by atoms with Crippen molar-refractivity contribution in [2.75, 3.05) is 13.1 Å². The molecule has 1 N–H and O–H groups in total. The lowest BCUT2D eigenvalue weighted by atomic mass is 10.1. The normalized spacial score (nSPS) is 23.2. The van der Waals surface area contributed by atoms with Gasteiger partial charge in [0, 0.05) is 6.42 Å². The summed E-state index contributed by atoms with van der Waals surface area (Å²) in [5, 5.41) is 3.20. The summed E-state index contributed by atoms with van der Waals surface area (Å²) in [6.07, 6.45) is 9.72. The molecule has 1 fully saturated rings. The topological polar surface area (TPSA) is 29.1 Å². The van der Waals surface area contributed by atoms with Gasteiger partial charge in [0.15, 0.2) is 0 Å². The Hall–Kier alpha value is -0.370. The zero-order valence-corrected chi connectivity index (χ0v) is 8.48. The SMILES string of the molecule is O=C1CCCCCCCCCNC1. The number of Topliss-reactive ketones (excluding diaryl/α,β-unsaturated/α-hetero) is 1. The van der Waals surface area contributed by atoms with E-state index < -0.39 is 0 Å². The number of rotatable bonds is 0. The van der Waals surface area contributed by atoms with Gasteiger partial charge in [-0.15, -0.1) is 0 Å². The van der Waals surface area contributed by atoms with E-state index >= 15 is 0 Å². The zero-order valence-electron chi connectivity index (χ0n) is 8.48. The maximum atomic E-state index is 11.2. The molecule has 1 saturated heterocycles. The molecule has 1 aliphatic heterocycles. The molecule has 0 radical (unpaired) electrons. The van der Waals surface area contributed by atoms with Gasteiger partial charge in [-0.25, -0.2) is 0 Å². The second kappa shape index (κ2) is 7.07. The maximum Gasteiger partial charge on any atom is 0.146 e. The minimum absolute atomic E-state index is 0.389. The van der Waals surface area contributed by atoms with Gasteiger partial charge in [-0.05, 0) is 19.4 Å². The molecule has 2 heteroatoms. The highest BCUT2D eigenvalue weighted by atomic mass is 16.1. The number of ketones is 1. The molecule has 0 aromatic heterocycles. The van der Waals surface area contributed by atoms with Gasteiger partial charge < -0.3 is 5.32 Å². The Bertz CT molecular complexity index is 131. The minimum Gasteiger partial charge on any atom is -0.310 e. The van der Waals surface area contributed by atoms with Crippen molar-refractivity contribution in [2.45, 2.75) is 51.4 Å². The lowest BCUT2D eigenvalue weighted by Crippen LogP contribution is -2.23. The summed E-state index contributed by atoms with van der Waals surface area (Å²) >= 11 is 0. The zero-order chi connectivity index (χ0) is 9.36. The monoisotopic (exact) mass is 183 g/mol. The van der Waals surface area contributed by atoms with Gasteiger partial charge in [0.25, 0.3) is 0 Å². The molecule has 0 spiro atoms. The fourth-order valence-electron chi connectivity index (χ4n) is 1.77. The van der Waals surface area contributed by atoms with Crippen LogP contribution in [-0.2, 0) is 4.79 Å². The molecule has 0 saturated carbocycles. The molecule has 0 aliphatic carbocycles. The number of hydrogen-bond donors (Lipinski definition) is 1. The molecule has 2 nitrogen and oxygen atoms in total. The Kier molecular flexibility index (Phi) is 5.83. The third-order valence-corrected chi connectivity index (χ3v) is 2.63. The van der Waals surface area contributed by atoms with Crippen molar-refractivity contribution in [1.82, 2.24) is 5.32 Å². The quantitative estimate of drug-likeness (QED) is 0.624. The van der Waals surface area contributed by atoms with E-state index in [0.29, 0.717) is 12.3 Å². The molecule has 13 heavy (non-hydrogen) atoms. The van der Waals surface area contributed by atoms with Gasteiger partial charge in [0.1, 0.15) is 5.78 Å². The highest BCUT2D eigenvalue weighted by Gasteiger charge is 2.02. The largest absolute Gasteiger partial charge is 0.310 e. The fraction of sp³-hybridized carbons (Fsp3) is 0.909. The van der Waals surface area contributed by atoms with E-state index in [1.54, 1.807) is 0 Å². The second-order valence-electron chi connectivity index (χ2n) is 3.94. The van der Waals surface area contributed by atoms with Crippen molar-refractivity contribution in [3.8, 4) is 0 Å². The molecule has 0 bridgehead atoms. The Balaban J connectivity index is 2.14.